The smallest absolute Gasteiger partial charge is 0.363 e. The number of hydrogen-bond acceptors (Lipinski definition) is 13. The maximum atomic E-state index is 14.6. The van der Waals surface area contributed by atoms with Gasteiger partial charge in [0.15, 0.2) is 11.4 Å². The van der Waals surface area contributed by atoms with Crippen LogP contribution in [0, 0.1) is 22.7 Å². The fourth-order valence-corrected chi connectivity index (χ4v) is 8.57. The first-order valence-electron chi connectivity index (χ1n) is 18.6. The van der Waals surface area contributed by atoms with Crippen LogP contribution in [0.25, 0.3) is 10.8 Å². The van der Waals surface area contributed by atoms with Crippen LogP contribution in [0.3, 0.4) is 0 Å². The van der Waals surface area contributed by atoms with E-state index in [1.165, 1.54) is 4.90 Å². The van der Waals surface area contributed by atoms with E-state index in [1.54, 1.807) is 40.1 Å². The van der Waals surface area contributed by atoms with E-state index in [1.807, 2.05) is 50.6 Å². The van der Waals surface area contributed by atoms with Crippen molar-refractivity contribution >= 4 is 50.6 Å². The van der Waals surface area contributed by atoms with Crippen molar-refractivity contribution < 1.29 is 55.5 Å². The molecule has 2 saturated carbocycles. The van der Waals surface area contributed by atoms with E-state index in [0.29, 0.717) is 23.4 Å². The van der Waals surface area contributed by atoms with E-state index in [2.05, 4.69) is 9.72 Å². The Morgan fingerprint density at radius 1 is 1.04 bits per heavy atom. The van der Waals surface area contributed by atoms with Gasteiger partial charge in [-0.1, -0.05) is 34.1 Å². The number of ketones is 1. The number of methoxy groups -OCH3 is 2. The van der Waals surface area contributed by atoms with Gasteiger partial charge in [-0.05, 0) is 81.0 Å². The first-order chi connectivity index (χ1) is 25.6. The van der Waals surface area contributed by atoms with Gasteiger partial charge < -0.3 is 23.8 Å². The number of pyridine rings is 1. The highest BCUT2D eigenvalue weighted by molar-refractivity contribution is 7.85. The predicted molar refractivity (Wildman–Crippen MR) is 199 cm³/mol. The molecular formula is C39H53N3O12S. The molecule has 55 heavy (non-hydrogen) atoms. The highest BCUT2D eigenvalue weighted by Crippen LogP contribution is 2.58. The number of carbonyl (C=O) groups excluding carboxylic acids is 5. The Kier molecular flexibility index (Phi) is 11.7. The number of hydrogen-bond donors (Lipinski definition) is 1. The number of likely N-dealkylation sites (tertiary alicyclic amines) is 1. The van der Waals surface area contributed by atoms with Crippen molar-refractivity contribution in [3.63, 3.8) is 0 Å². The summed E-state index contributed by atoms with van der Waals surface area (Å²) < 4.78 is 55.1. The van der Waals surface area contributed by atoms with Crippen LogP contribution in [0.15, 0.2) is 30.5 Å². The molecule has 1 N–H and O–H groups in total. The largest absolute Gasteiger partial charge is 0.497 e. The molecule has 15 nitrogen and oxygen atoms in total. The van der Waals surface area contributed by atoms with E-state index in [9.17, 15) is 32.4 Å². The summed E-state index contributed by atoms with van der Waals surface area (Å²) in [4.78, 5) is 74.0. The van der Waals surface area contributed by atoms with Crippen molar-refractivity contribution in [3.05, 3.63) is 30.5 Å². The second kappa shape index (κ2) is 15.3. The van der Waals surface area contributed by atoms with E-state index < -0.39 is 79.9 Å². The number of carbonyl (C=O) groups is 5. The first-order valence-corrected chi connectivity index (χ1v) is 20.0. The lowest BCUT2D eigenvalue weighted by atomic mass is 9.77. The van der Waals surface area contributed by atoms with Gasteiger partial charge in [0.05, 0.1) is 44.6 Å². The number of nitrogens with zero attached hydrogens (tertiary/aromatic N) is 2. The van der Waals surface area contributed by atoms with Crippen LogP contribution in [0.2, 0.25) is 0 Å². The Hall–Kier alpha value is -4.31. The standard InChI is InChI=1S/C39H53N3O12S/c1-10-24-20-38(24,34(46)41-55(48,49)54-39(14-15-39)35(47)51-9)21-30(43)29-18-26(52-32-27-12-11-25(50-8)17-23(27)13-16-40-32)22-42(29)33(45)28(36(2,3)4)19-31(44)53-37(5,6)7/h11-13,16-17,24,26,28-29H,10,14-15,18-22H2,1-9H3,(H,41,46)/t24-,26-,28-,29+,38-/m1/s1. The van der Waals surface area contributed by atoms with Gasteiger partial charge in [0.25, 0.3) is 0 Å². The lowest BCUT2D eigenvalue weighted by Gasteiger charge is -2.35. The molecule has 2 heterocycles. The van der Waals surface area contributed by atoms with Crippen molar-refractivity contribution in [1.29, 1.82) is 0 Å². The highest BCUT2D eigenvalue weighted by atomic mass is 32.2. The van der Waals surface area contributed by atoms with Gasteiger partial charge in [-0.15, -0.1) is 0 Å². The Labute approximate surface area is 322 Å². The predicted octanol–water partition coefficient (Wildman–Crippen LogP) is 4.44. The Morgan fingerprint density at radius 2 is 1.73 bits per heavy atom. The molecule has 1 aromatic heterocycles. The normalized spacial score (nSPS) is 23.7. The minimum atomic E-state index is -4.76. The molecule has 16 heteroatoms. The summed E-state index contributed by atoms with van der Waals surface area (Å²) >= 11 is 0. The van der Waals surface area contributed by atoms with Crippen molar-refractivity contribution in [1.82, 2.24) is 14.6 Å². The number of aromatic nitrogens is 1. The SMILES string of the molecule is CC[C@@H]1C[C@]1(CC(=O)[C@@H]1C[C@@H](Oc2nccc3cc(OC)ccc23)CN1C(=O)[C@@H](CC(=O)OC(C)(C)C)C(C)(C)C)C(=O)NS(=O)(=O)OC1(C(=O)OC)CC1. The lowest BCUT2D eigenvalue weighted by molar-refractivity contribution is -0.161. The molecule has 1 aromatic carbocycles. The van der Waals surface area contributed by atoms with Crippen molar-refractivity contribution in [3.8, 4) is 11.6 Å². The molecule has 1 aliphatic heterocycles. The highest BCUT2D eigenvalue weighted by Gasteiger charge is 2.62. The van der Waals surface area contributed by atoms with Gasteiger partial charge in [0.2, 0.25) is 17.7 Å². The number of nitrogens with one attached hydrogen (secondary N) is 1. The Balaban J connectivity index is 1.43. The average Bonchev–Trinajstić information content (AvgIpc) is 3.99. The van der Waals surface area contributed by atoms with Crippen LogP contribution >= 0.6 is 0 Å². The number of Topliss-reactive ketones (excluding diaryl/α,β-unsaturated/α-hetero) is 1. The first kappa shape index (κ1) is 41.8. The summed E-state index contributed by atoms with van der Waals surface area (Å²) in [5.41, 5.74) is -4.59. The fourth-order valence-electron chi connectivity index (χ4n) is 7.44. The molecule has 0 unspecified atom stereocenters. The molecule has 5 rings (SSSR count). The lowest BCUT2D eigenvalue weighted by Crippen LogP contribution is -2.49. The zero-order valence-electron chi connectivity index (χ0n) is 33.1. The monoisotopic (exact) mass is 787 g/mol. The van der Waals surface area contributed by atoms with E-state index in [4.69, 9.17) is 18.4 Å². The van der Waals surface area contributed by atoms with Crippen LogP contribution in [0.4, 0.5) is 0 Å². The van der Waals surface area contributed by atoms with E-state index >= 15 is 0 Å². The Morgan fingerprint density at radius 3 is 2.29 bits per heavy atom. The maximum Gasteiger partial charge on any atom is 0.363 e. The van der Waals surface area contributed by atoms with Gasteiger partial charge in [-0.3, -0.25) is 19.2 Å². The fraction of sp³-hybridized carbons (Fsp3) is 0.641. The topological polar surface area (TPSA) is 194 Å². The molecule has 0 spiro atoms. The Bertz CT molecular complexity index is 1950. The molecule has 0 radical (unpaired) electrons. The number of rotatable bonds is 15. The van der Waals surface area contributed by atoms with E-state index in [0.717, 1.165) is 12.5 Å². The van der Waals surface area contributed by atoms with Crippen LogP contribution in [0.1, 0.15) is 93.4 Å². The minimum Gasteiger partial charge on any atom is -0.497 e. The number of amides is 2. The van der Waals surface area contributed by atoms with Gasteiger partial charge in [-0.2, -0.15) is 8.42 Å². The van der Waals surface area contributed by atoms with Crippen LogP contribution in [-0.4, -0.2) is 92.0 Å². The second-order valence-corrected chi connectivity index (χ2v) is 18.2. The average molecular weight is 788 g/mol. The molecule has 2 aliphatic carbocycles. The van der Waals surface area contributed by atoms with Gasteiger partial charge in [0.1, 0.15) is 17.5 Å². The van der Waals surface area contributed by atoms with Crippen molar-refractivity contribution in [2.45, 2.75) is 117 Å². The minimum absolute atomic E-state index is 0.0153. The summed E-state index contributed by atoms with van der Waals surface area (Å²) in [7, 11) is -2.09. The zero-order chi connectivity index (χ0) is 40.7. The quantitative estimate of drug-likeness (QED) is 0.249. The van der Waals surface area contributed by atoms with Gasteiger partial charge in [0, 0.05) is 24.4 Å². The van der Waals surface area contributed by atoms with Gasteiger partial charge in [-0.25, -0.2) is 18.7 Å². The third-order valence-corrected chi connectivity index (χ3v) is 11.7. The molecule has 0 bridgehead atoms. The molecule has 302 valence electrons. The molecular weight excluding hydrogens is 735 g/mol. The summed E-state index contributed by atoms with van der Waals surface area (Å²) in [5, 5.41) is 1.50. The number of benzene rings is 1. The molecule has 2 amide bonds. The van der Waals surface area contributed by atoms with Crippen molar-refractivity contribution in [2.75, 3.05) is 20.8 Å². The maximum absolute atomic E-state index is 14.6. The summed E-state index contributed by atoms with van der Waals surface area (Å²) in [6.45, 7) is 12.5. The number of ether oxygens (including phenoxy) is 4. The summed E-state index contributed by atoms with van der Waals surface area (Å²) in [6.07, 6.45) is 1.26. The third kappa shape index (κ3) is 9.39. The summed E-state index contributed by atoms with van der Waals surface area (Å²) in [5.74, 6) is -3.54. The van der Waals surface area contributed by atoms with Crippen LogP contribution in [-0.2, 0) is 47.9 Å². The van der Waals surface area contributed by atoms with Crippen LogP contribution < -0.4 is 14.2 Å². The molecule has 3 aliphatic rings. The third-order valence-electron chi connectivity index (χ3n) is 10.7. The number of fused-ring (bicyclic) bond motifs is 1. The van der Waals surface area contributed by atoms with Crippen molar-refractivity contribution in [2.24, 2.45) is 22.7 Å². The molecule has 2 aromatic rings. The molecule has 3 fully saturated rings. The van der Waals surface area contributed by atoms with E-state index in [-0.39, 0.29) is 51.0 Å². The second-order valence-electron chi connectivity index (χ2n) is 17.0. The zero-order valence-corrected chi connectivity index (χ0v) is 33.9. The van der Waals surface area contributed by atoms with Crippen LogP contribution in [0.5, 0.6) is 11.6 Å². The number of esters is 2. The van der Waals surface area contributed by atoms with Gasteiger partial charge >= 0.3 is 22.2 Å². The molecule has 1 saturated heterocycles. The summed E-state index contributed by atoms with van der Waals surface area (Å²) in [6, 6.07) is 6.15. The molecule has 5 atom stereocenters.